The zero-order valence-electron chi connectivity index (χ0n) is 25.5. The molecular formula is C32H72Br3P. The van der Waals surface area contributed by atoms with E-state index in [9.17, 15) is 0 Å². The van der Waals surface area contributed by atoms with E-state index in [-0.39, 0.29) is 50.9 Å². The van der Waals surface area contributed by atoms with E-state index < -0.39 is 7.26 Å². The summed E-state index contributed by atoms with van der Waals surface area (Å²) < 4.78 is 0. The van der Waals surface area contributed by atoms with Crippen LogP contribution in [0.25, 0.3) is 0 Å². The van der Waals surface area contributed by atoms with E-state index >= 15 is 0 Å². The number of hydrogen-bond donors (Lipinski definition) is 0. The van der Waals surface area contributed by atoms with Gasteiger partial charge in [0.2, 0.25) is 0 Å². The first-order valence-electron chi connectivity index (χ1n) is 16.2. The minimum absolute atomic E-state index is 0. The molecule has 0 amide bonds. The Morgan fingerprint density at radius 3 is 0.639 bits per heavy atom. The summed E-state index contributed by atoms with van der Waals surface area (Å²) in [5.41, 5.74) is 0. The SMILES string of the molecule is Br.Br.Br.CCCCCCCCCCCCCC[PH](CCCCCC)(CCCCCC)CCCCCC. The zero-order chi connectivity index (χ0) is 24.3. The van der Waals surface area contributed by atoms with Crippen LogP contribution in [-0.4, -0.2) is 24.6 Å². The van der Waals surface area contributed by atoms with Crippen molar-refractivity contribution in [1.82, 2.24) is 0 Å². The average molecular weight is 728 g/mol. The van der Waals surface area contributed by atoms with Gasteiger partial charge in [-0.1, -0.05) is 13.3 Å². The molecule has 0 unspecified atom stereocenters. The quantitative estimate of drug-likeness (QED) is 0.0556. The fourth-order valence-electron chi connectivity index (χ4n) is 5.87. The number of hydrogen-bond acceptors (Lipinski definition) is 0. The van der Waals surface area contributed by atoms with E-state index in [0.29, 0.717) is 0 Å². The third kappa shape index (κ3) is 30.4. The second kappa shape index (κ2) is 36.9. The summed E-state index contributed by atoms with van der Waals surface area (Å²) in [4.78, 5) is 0. The van der Waals surface area contributed by atoms with E-state index in [1.54, 1.807) is 50.3 Å². The summed E-state index contributed by atoms with van der Waals surface area (Å²) in [7, 11) is -1.04. The van der Waals surface area contributed by atoms with Crippen LogP contribution in [0.4, 0.5) is 0 Å². The molecule has 0 fully saturated rings. The molecule has 36 heavy (non-hydrogen) atoms. The molecule has 0 aliphatic carbocycles. The molecule has 0 aliphatic heterocycles. The van der Waals surface area contributed by atoms with Crippen molar-refractivity contribution in [2.45, 2.75) is 182 Å². The molecule has 4 heteroatoms. The van der Waals surface area contributed by atoms with Crippen LogP contribution in [0.1, 0.15) is 182 Å². The third-order valence-corrected chi connectivity index (χ3v) is 13.9. The second-order valence-corrected chi connectivity index (χ2v) is 16.6. The van der Waals surface area contributed by atoms with Crippen molar-refractivity contribution in [3.63, 3.8) is 0 Å². The third-order valence-electron chi connectivity index (χ3n) is 8.24. The first-order chi connectivity index (χ1) is 16.2. The van der Waals surface area contributed by atoms with Crippen LogP contribution < -0.4 is 0 Å². The van der Waals surface area contributed by atoms with Gasteiger partial charge >= 0.3 is 200 Å². The predicted molar refractivity (Wildman–Crippen MR) is 192 cm³/mol. The minimum atomic E-state index is -1.04. The van der Waals surface area contributed by atoms with Gasteiger partial charge in [-0.05, 0) is 0 Å². The van der Waals surface area contributed by atoms with Crippen molar-refractivity contribution >= 4 is 58.2 Å². The molecule has 0 saturated carbocycles. The molecule has 0 aliphatic rings. The first kappa shape index (κ1) is 44.9. The molecule has 0 bridgehead atoms. The van der Waals surface area contributed by atoms with Gasteiger partial charge in [0.25, 0.3) is 0 Å². The number of unbranched alkanes of at least 4 members (excludes halogenated alkanes) is 20. The topological polar surface area (TPSA) is 0 Å². The van der Waals surface area contributed by atoms with Gasteiger partial charge in [0.05, 0.1) is 0 Å². The first-order valence-corrected chi connectivity index (χ1v) is 19.1. The van der Waals surface area contributed by atoms with E-state index in [0.717, 1.165) is 0 Å². The molecular weight excluding hydrogens is 655 g/mol. The van der Waals surface area contributed by atoms with E-state index in [1.165, 1.54) is 128 Å². The average Bonchev–Trinajstić information content (AvgIpc) is 2.83. The molecule has 0 spiro atoms. The van der Waals surface area contributed by atoms with Gasteiger partial charge in [-0.3, -0.25) is 0 Å². The maximum atomic E-state index is 2.37. The summed E-state index contributed by atoms with van der Waals surface area (Å²) in [6, 6.07) is 0. The van der Waals surface area contributed by atoms with Crippen LogP contribution in [0.15, 0.2) is 0 Å². The van der Waals surface area contributed by atoms with Gasteiger partial charge < -0.3 is 0 Å². The normalized spacial score (nSPS) is 11.4. The van der Waals surface area contributed by atoms with Gasteiger partial charge in [0.15, 0.2) is 0 Å². The van der Waals surface area contributed by atoms with Gasteiger partial charge in [0.1, 0.15) is 0 Å². The Balaban J connectivity index is -0.00000171. The Kier molecular flexibility index (Phi) is 46.0. The Hall–Kier alpha value is 1.87. The molecule has 0 aromatic heterocycles. The van der Waals surface area contributed by atoms with Crippen molar-refractivity contribution in [1.29, 1.82) is 0 Å². The molecule has 0 N–H and O–H groups in total. The van der Waals surface area contributed by atoms with E-state index in [1.807, 2.05) is 0 Å². The van der Waals surface area contributed by atoms with E-state index in [2.05, 4.69) is 27.7 Å². The van der Waals surface area contributed by atoms with Crippen molar-refractivity contribution < 1.29 is 0 Å². The zero-order valence-corrected chi connectivity index (χ0v) is 31.7. The van der Waals surface area contributed by atoms with Gasteiger partial charge in [0, 0.05) is 0 Å². The Labute approximate surface area is 263 Å². The fraction of sp³-hybridized carbons (Fsp3) is 1.00. The molecule has 0 rings (SSSR count). The molecule has 226 valence electrons. The Morgan fingerprint density at radius 1 is 0.250 bits per heavy atom. The number of halogens is 3. The summed E-state index contributed by atoms with van der Waals surface area (Å²) in [5.74, 6) is 0. The Morgan fingerprint density at radius 2 is 0.417 bits per heavy atom. The van der Waals surface area contributed by atoms with Gasteiger partial charge in [-0.15, -0.1) is 50.9 Å². The van der Waals surface area contributed by atoms with Gasteiger partial charge in [-0.25, -0.2) is 0 Å². The van der Waals surface area contributed by atoms with Crippen molar-refractivity contribution in [2.24, 2.45) is 0 Å². The molecule has 0 radical (unpaired) electrons. The number of rotatable bonds is 28. The van der Waals surface area contributed by atoms with Crippen molar-refractivity contribution in [3.8, 4) is 0 Å². The molecule has 0 atom stereocenters. The van der Waals surface area contributed by atoms with Gasteiger partial charge in [-0.2, -0.15) is 0 Å². The van der Waals surface area contributed by atoms with E-state index in [4.69, 9.17) is 0 Å². The Bertz CT molecular complexity index is 334. The van der Waals surface area contributed by atoms with Crippen LogP contribution in [0, 0.1) is 0 Å². The fourth-order valence-corrected chi connectivity index (χ4v) is 11.4. The molecule has 0 aromatic carbocycles. The van der Waals surface area contributed by atoms with Crippen LogP contribution in [0.5, 0.6) is 0 Å². The van der Waals surface area contributed by atoms with Crippen LogP contribution in [-0.2, 0) is 0 Å². The molecule has 0 aromatic rings. The predicted octanol–water partition coefficient (Wildman–Crippen LogP) is 13.9. The van der Waals surface area contributed by atoms with Crippen molar-refractivity contribution in [3.05, 3.63) is 0 Å². The summed E-state index contributed by atoms with van der Waals surface area (Å²) in [6.45, 7) is 9.42. The monoisotopic (exact) mass is 724 g/mol. The molecule has 0 nitrogen and oxygen atoms in total. The van der Waals surface area contributed by atoms with Crippen LogP contribution in [0.2, 0.25) is 0 Å². The van der Waals surface area contributed by atoms with Crippen molar-refractivity contribution in [2.75, 3.05) is 24.6 Å². The molecule has 0 saturated heterocycles. The summed E-state index contributed by atoms with van der Waals surface area (Å²) >= 11 is 0. The summed E-state index contributed by atoms with van der Waals surface area (Å²) in [6.07, 6.45) is 42.3. The van der Waals surface area contributed by atoms with Crippen LogP contribution in [0.3, 0.4) is 0 Å². The summed E-state index contributed by atoms with van der Waals surface area (Å²) in [5, 5.41) is 0. The second-order valence-electron chi connectivity index (χ2n) is 11.6. The maximum absolute atomic E-state index is 2.37. The molecule has 0 heterocycles. The standard InChI is InChI=1S/C32H69P.3BrH/c1-5-9-13-17-18-19-20-21-22-23-24-28-32-33(29-25-14-10-6-2,30-26-15-11-7-3)31-27-16-12-8-4;;;/h33H,5-32H2,1-4H3;3*1H. The van der Waals surface area contributed by atoms with Crippen LogP contribution >= 0.6 is 58.2 Å².